The topological polar surface area (TPSA) is 66.0 Å². The minimum Gasteiger partial charge on any atom is -0.496 e. The van der Waals surface area contributed by atoms with Gasteiger partial charge < -0.3 is 10.6 Å². The molecular formula is C17H16Cl2N4OS. The molecule has 3 rings (SSSR count). The van der Waals surface area contributed by atoms with Crippen LogP contribution in [0.3, 0.4) is 0 Å². The average molecular weight is 395 g/mol. The van der Waals surface area contributed by atoms with Gasteiger partial charge in [0.15, 0.2) is 5.82 Å². The maximum atomic E-state index is 6.22. The zero-order chi connectivity index (χ0) is 18.0. The molecule has 0 aliphatic carbocycles. The number of nitrogens with zero attached hydrogens (tertiary/aromatic N) is 3. The van der Waals surface area contributed by atoms with Gasteiger partial charge in [-0.15, -0.1) is 10.2 Å². The quantitative estimate of drug-likeness (QED) is 0.506. The number of hydrogen-bond donors (Lipinski definition) is 1. The van der Waals surface area contributed by atoms with Crippen LogP contribution >= 0.6 is 35.0 Å². The SMILES string of the molecule is COc1ccc(C)cc1CSc1nnc(-c2cc(Cl)ccc2Cl)n1N. The average Bonchev–Trinajstić information content (AvgIpc) is 2.96. The highest BCUT2D eigenvalue weighted by molar-refractivity contribution is 7.98. The molecule has 0 aliphatic heterocycles. The van der Waals surface area contributed by atoms with E-state index >= 15 is 0 Å². The van der Waals surface area contributed by atoms with E-state index in [1.807, 2.05) is 19.1 Å². The molecule has 0 saturated carbocycles. The number of halogens is 2. The first-order valence-electron chi connectivity index (χ1n) is 7.42. The lowest BCUT2D eigenvalue weighted by Crippen LogP contribution is -2.11. The van der Waals surface area contributed by atoms with Gasteiger partial charge in [-0.2, -0.15) is 0 Å². The van der Waals surface area contributed by atoms with Crippen LogP contribution in [0.25, 0.3) is 11.4 Å². The Labute approximate surface area is 160 Å². The van der Waals surface area contributed by atoms with Crippen molar-refractivity contribution in [2.45, 2.75) is 17.8 Å². The van der Waals surface area contributed by atoms with Crippen molar-refractivity contribution in [2.24, 2.45) is 0 Å². The van der Waals surface area contributed by atoms with E-state index < -0.39 is 0 Å². The second-order valence-corrected chi connectivity index (χ2v) is 7.19. The van der Waals surface area contributed by atoms with Crippen molar-refractivity contribution in [2.75, 3.05) is 13.0 Å². The van der Waals surface area contributed by atoms with Gasteiger partial charge >= 0.3 is 0 Å². The Kier molecular flexibility index (Phi) is 5.42. The predicted octanol–water partition coefficient (Wildman–Crippen LogP) is 4.58. The van der Waals surface area contributed by atoms with Crippen molar-refractivity contribution in [3.05, 3.63) is 57.6 Å². The standard InChI is InChI=1S/C17H16Cl2N4OS/c1-10-3-6-15(24-2)11(7-10)9-25-17-22-21-16(23(17)20)13-8-12(18)4-5-14(13)19/h3-8H,9,20H2,1-2H3. The molecule has 8 heteroatoms. The maximum absolute atomic E-state index is 6.22. The molecular weight excluding hydrogens is 379 g/mol. The van der Waals surface area contributed by atoms with Crippen molar-refractivity contribution in [1.82, 2.24) is 14.9 Å². The highest BCUT2D eigenvalue weighted by Crippen LogP contribution is 2.32. The normalized spacial score (nSPS) is 10.9. The summed E-state index contributed by atoms with van der Waals surface area (Å²) in [7, 11) is 1.66. The number of nitrogens with two attached hydrogens (primary N) is 1. The van der Waals surface area contributed by atoms with E-state index in [2.05, 4.69) is 16.3 Å². The molecule has 0 unspecified atom stereocenters. The second kappa shape index (κ2) is 7.56. The van der Waals surface area contributed by atoms with Crippen molar-refractivity contribution in [3.8, 4) is 17.1 Å². The van der Waals surface area contributed by atoms with Crippen molar-refractivity contribution in [1.29, 1.82) is 0 Å². The third kappa shape index (κ3) is 3.86. The lowest BCUT2D eigenvalue weighted by Gasteiger charge is -2.09. The van der Waals surface area contributed by atoms with E-state index in [1.165, 1.54) is 16.4 Å². The molecule has 2 aromatic carbocycles. The molecule has 3 aromatic rings. The molecule has 0 radical (unpaired) electrons. The van der Waals surface area contributed by atoms with E-state index in [1.54, 1.807) is 25.3 Å². The number of hydrogen-bond acceptors (Lipinski definition) is 5. The first-order valence-corrected chi connectivity index (χ1v) is 9.16. The molecule has 1 heterocycles. The first-order chi connectivity index (χ1) is 12.0. The van der Waals surface area contributed by atoms with Crippen LogP contribution in [-0.2, 0) is 5.75 Å². The van der Waals surface area contributed by atoms with Gasteiger partial charge in [0.2, 0.25) is 5.16 Å². The summed E-state index contributed by atoms with van der Waals surface area (Å²) in [5.74, 6) is 8.11. The number of thioether (sulfide) groups is 1. The number of rotatable bonds is 5. The minimum atomic E-state index is 0.464. The van der Waals surface area contributed by atoms with Gasteiger partial charge in [-0.25, -0.2) is 4.68 Å². The maximum Gasteiger partial charge on any atom is 0.210 e. The predicted molar refractivity (Wildman–Crippen MR) is 103 cm³/mol. The van der Waals surface area contributed by atoms with Gasteiger partial charge in [0.25, 0.3) is 0 Å². The van der Waals surface area contributed by atoms with Crippen LogP contribution in [-0.4, -0.2) is 22.0 Å². The zero-order valence-electron chi connectivity index (χ0n) is 13.7. The summed E-state index contributed by atoms with van der Waals surface area (Å²) in [6, 6.07) is 11.2. The number of methoxy groups -OCH3 is 1. The van der Waals surface area contributed by atoms with Crippen LogP contribution < -0.4 is 10.6 Å². The molecule has 2 N–H and O–H groups in total. The lowest BCUT2D eigenvalue weighted by molar-refractivity contribution is 0.411. The largest absolute Gasteiger partial charge is 0.496 e. The van der Waals surface area contributed by atoms with E-state index in [0.29, 0.717) is 32.3 Å². The van der Waals surface area contributed by atoms with Gasteiger partial charge in [-0.1, -0.05) is 52.7 Å². The molecule has 0 bridgehead atoms. The summed E-state index contributed by atoms with van der Waals surface area (Å²) in [4.78, 5) is 0. The van der Waals surface area contributed by atoms with Gasteiger partial charge in [0.05, 0.1) is 12.1 Å². The summed E-state index contributed by atoms with van der Waals surface area (Å²) >= 11 is 13.7. The number of benzene rings is 2. The summed E-state index contributed by atoms with van der Waals surface area (Å²) in [6.07, 6.45) is 0. The summed E-state index contributed by atoms with van der Waals surface area (Å²) in [6.45, 7) is 2.04. The molecule has 0 amide bonds. The smallest absolute Gasteiger partial charge is 0.210 e. The number of ether oxygens (including phenoxy) is 1. The number of nitrogen functional groups attached to an aromatic ring is 1. The Hall–Kier alpha value is -1.89. The van der Waals surface area contributed by atoms with Crippen LogP contribution in [0.1, 0.15) is 11.1 Å². The molecule has 1 aromatic heterocycles. The fourth-order valence-electron chi connectivity index (χ4n) is 2.39. The van der Waals surface area contributed by atoms with Crippen molar-refractivity contribution < 1.29 is 4.74 Å². The van der Waals surface area contributed by atoms with Crippen LogP contribution in [0.15, 0.2) is 41.6 Å². The van der Waals surface area contributed by atoms with E-state index in [4.69, 9.17) is 33.8 Å². The molecule has 0 aliphatic rings. The molecule has 0 fully saturated rings. The molecule has 5 nitrogen and oxygen atoms in total. The summed E-state index contributed by atoms with van der Waals surface area (Å²) in [5.41, 5.74) is 2.87. The lowest BCUT2D eigenvalue weighted by atomic mass is 10.1. The molecule has 0 spiro atoms. The summed E-state index contributed by atoms with van der Waals surface area (Å²) < 4.78 is 6.82. The number of aromatic nitrogens is 3. The Balaban J connectivity index is 1.85. The van der Waals surface area contributed by atoms with Crippen molar-refractivity contribution >= 4 is 35.0 Å². The second-order valence-electron chi connectivity index (χ2n) is 5.40. The Bertz CT molecular complexity index is 914. The minimum absolute atomic E-state index is 0.464. The fourth-order valence-corrected chi connectivity index (χ4v) is 3.60. The summed E-state index contributed by atoms with van der Waals surface area (Å²) in [5, 5.41) is 9.97. The van der Waals surface area contributed by atoms with Gasteiger partial charge in [0, 0.05) is 21.9 Å². The van der Waals surface area contributed by atoms with Crippen LogP contribution in [0.5, 0.6) is 5.75 Å². The number of aryl methyl sites for hydroxylation is 1. The Morgan fingerprint density at radius 1 is 1.16 bits per heavy atom. The molecule has 130 valence electrons. The monoisotopic (exact) mass is 394 g/mol. The molecule has 0 saturated heterocycles. The van der Waals surface area contributed by atoms with E-state index in [9.17, 15) is 0 Å². The van der Waals surface area contributed by atoms with Gasteiger partial charge in [-0.05, 0) is 31.2 Å². The highest BCUT2D eigenvalue weighted by Gasteiger charge is 2.16. The fraction of sp³-hybridized carbons (Fsp3) is 0.176. The third-order valence-electron chi connectivity index (χ3n) is 3.63. The molecule has 25 heavy (non-hydrogen) atoms. The van der Waals surface area contributed by atoms with Gasteiger partial charge in [-0.3, -0.25) is 0 Å². The third-order valence-corrected chi connectivity index (χ3v) is 5.18. The van der Waals surface area contributed by atoms with Crippen LogP contribution in [0.2, 0.25) is 10.0 Å². The van der Waals surface area contributed by atoms with Crippen LogP contribution in [0.4, 0.5) is 0 Å². The first kappa shape index (κ1) is 17.9. The van der Waals surface area contributed by atoms with Crippen molar-refractivity contribution in [3.63, 3.8) is 0 Å². The molecule has 0 atom stereocenters. The van der Waals surface area contributed by atoms with E-state index in [0.717, 1.165) is 16.9 Å². The Morgan fingerprint density at radius 2 is 1.96 bits per heavy atom. The van der Waals surface area contributed by atoms with Gasteiger partial charge in [0.1, 0.15) is 5.75 Å². The zero-order valence-corrected chi connectivity index (χ0v) is 16.0. The van der Waals surface area contributed by atoms with Crippen LogP contribution in [0, 0.1) is 6.92 Å². The Morgan fingerprint density at radius 3 is 2.72 bits per heavy atom. The highest BCUT2D eigenvalue weighted by atomic mass is 35.5. The van der Waals surface area contributed by atoms with E-state index in [-0.39, 0.29) is 0 Å².